The molecule has 0 aliphatic heterocycles. The number of rotatable bonds is 7. The zero-order valence-corrected chi connectivity index (χ0v) is 18.2. The van der Waals surface area contributed by atoms with Crippen molar-refractivity contribution in [2.75, 3.05) is 12.0 Å². The van der Waals surface area contributed by atoms with E-state index < -0.39 is 17.2 Å². The maximum absolute atomic E-state index is 13.0. The Morgan fingerprint density at radius 2 is 2.07 bits per heavy atom. The van der Waals surface area contributed by atoms with Crippen LogP contribution in [0.2, 0.25) is 0 Å². The lowest BCUT2D eigenvalue weighted by atomic mass is 9.83. The van der Waals surface area contributed by atoms with Gasteiger partial charge in [-0.15, -0.1) is 0 Å². The highest BCUT2D eigenvalue weighted by Crippen LogP contribution is 2.26. The molecular weight excluding hydrogens is 400 g/mol. The maximum Gasteiger partial charge on any atom is 0.268 e. The average molecular weight is 429 g/mol. The zero-order valence-electron chi connectivity index (χ0n) is 17.4. The second-order valence-electron chi connectivity index (χ2n) is 7.87. The highest BCUT2D eigenvalue weighted by Gasteiger charge is 2.33. The first kappa shape index (κ1) is 22.2. The minimum absolute atomic E-state index is 0.198. The summed E-state index contributed by atoms with van der Waals surface area (Å²) in [6.45, 7) is 0. The quantitative estimate of drug-likeness (QED) is 0.659. The molecule has 1 aliphatic rings. The monoisotopic (exact) mass is 428 g/mol. The molecular formula is C22H28N4O3S. The van der Waals surface area contributed by atoms with E-state index in [-0.39, 0.29) is 23.8 Å². The molecule has 0 radical (unpaired) electrons. The lowest BCUT2D eigenvalue weighted by Crippen LogP contribution is -2.50. The molecule has 160 valence electrons. The van der Waals surface area contributed by atoms with Crippen molar-refractivity contribution in [3.05, 3.63) is 36.0 Å². The van der Waals surface area contributed by atoms with Gasteiger partial charge >= 0.3 is 0 Å². The Bertz CT molecular complexity index is 949. The highest BCUT2D eigenvalue weighted by atomic mass is 32.2. The van der Waals surface area contributed by atoms with Crippen LogP contribution in [-0.2, 0) is 23.0 Å². The molecule has 7 nitrogen and oxygen atoms in total. The Hall–Kier alpha value is -2.50. The molecule has 4 atom stereocenters. The lowest BCUT2D eigenvalue weighted by Gasteiger charge is -2.31. The van der Waals surface area contributed by atoms with Crippen molar-refractivity contribution in [2.24, 2.45) is 13.0 Å². The molecule has 3 rings (SSSR count). The van der Waals surface area contributed by atoms with Gasteiger partial charge in [0.15, 0.2) is 0 Å². The number of nitrogens with zero attached hydrogens (tertiary/aromatic N) is 2. The smallest absolute Gasteiger partial charge is 0.268 e. The van der Waals surface area contributed by atoms with Gasteiger partial charge in [-0.3, -0.25) is 9.59 Å². The molecule has 1 heterocycles. The number of hydrogen-bond acceptors (Lipinski definition) is 4. The Balaban J connectivity index is 1.69. The molecule has 1 aromatic carbocycles. The summed E-state index contributed by atoms with van der Waals surface area (Å²) in [6.07, 6.45) is 5.18. The maximum atomic E-state index is 13.0. The van der Waals surface area contributed by atoms with Crippen LogP contribution in [0.25, 0.3) is 10.9 Å². The summed E-state index contributed by atoms with van der Waals surface area (Å²) in [5.74, 6) is -0.424. The van der Waals surface area contributed by atoms with E-state index in [4.69, 9.17) is 0 Å². The van der Waals surface area contributed by atoms with Gasteiger partial charge in [-0.05, 0) is 25.0 Å². The number of nitriles is 1. The van der Waals surface area contributed by atoms with Gasteiger partial charge in [0.1, 0.15) is 17.5 Å². The molecule has 2 amide bonds. The van der Waals surface area contributed by atoms with Crippen molar-refractivity contribution in [1.29, 1.82) is 5.26 Å². The number of para-hydroxylation sites is 1. The van der Waals surface area contributed by atoms with Crippen molar-refractivity contribution >= 4 is 33.9 Å². The molecule has 0 bridgehead atoms. The van der Waals surface area contributed by atoms with Gasteiger partial charge in [-0.1, -0.05) is 42.2 Å². The fourth-order valence-electron chi connectivity index (χ4n) is 4.10. The molecule has 2 N–H and O–H groups in total. The number of amides is 2. The number of carbonyl (C=O) groups is 2. The van der Waals surface area contributed by atoms with E-state index in [0.717, 1.165) is 30.2 Å². The summed E-state index contributed by atoms with van der Waals surface area (Å²) < 4.78 is 13.2. The first-order valence-corrected chi connectivity index (χ1v) is 12.0. The minimum Gasteiger partial charge on any atom is -0.617 e. The topological polar surface area (TPSA) is 110 Å². The van der Waals surface area contributed by atoms with Crippen molar-refractivity contribution in [3.8, 4) is 6.07 Å². The van der Waals surface area contributed by atoms with Gasteiger partial charge in [0.05, 0.1) is 18.2 Å². The third kappa shape index (κ3) is 5.15. The van der Waals surface area contributed by atoms with Crippen LogP contribution in [-0.4, -0.2) is 45.0 Å². The van der Waals surface area contributed by atoms with Crippen LogP contribution in [0.5, 0.6) is 0 Å². The van der Waals surface area contributed by atoms with Crippen LogP contribution < -0.4 is 10.6 Å². The van der Waals surface area contributed by atoms with Crippen LogP contribution >= 0.6 is 0 Å². The number of fused-ring (bicyclic) bond motifs is 1. The summed E-state index contributed by atoms with van der Waals surface area (Å²) in [5.41, 5.74) is 1.53. The molecule has 1 fully saturated rings. The van der Waals surface area contributed by atoms with E-state index in [1.807, 2.05) is 41.9 Å². The molecule has 30 heavy (non-hydrogen) atoms. The number of carbonyl (C=O) groups excluding carboxylic acids is 2. The summed E-state index contributed by atoms with van der Waals surface area (Å²) in [7, 11) is 1.86. The standard InChI is InChI=1S/C22H28N4O3S/c1-26-19-10-6-3-7-15(19)13-20(26)22(28)25-18-9-5-4-8-17(18)21(27)24-16(14-23)11-12-30(2)29/h3,6-7,10,13,16-18H,4-5,8-9,11-12H2,1-2H3,(H,24,27)(H,25,28)/t16-,17+,18-,30?/m0/s1. The van der Waals surface area contributed by atoms with Gasteiger partial charge in [-0.25, -0.2) is 0 Å². The van der Waals surface area contributed by atoms with Gasteiger partial charge in [-0.2, -0.15) is 5.26 Å². The molecule has 0 saturated heterocycles. The van der Waals surface area contributed by atoms with E-state index in [1.54, 1.807) is 6.26 Å². The third-order valence-corrected chi connectivity index (χ3v) is 6.58. The van der Waals surface area contributed by atoms with Crippen molar-refractivity contribution in [3.63, 3.8) is 0 Å². The Morgan fingerprint density at radius 1 is 1.33 bits per heavy atom. The molecule has 2 aromatic rings. The van der Waals surface area contributed by atoms with Crippen LogP contribution in [0.15, 0.2) is 30.3 Å². The van der Waals surface area contributed by atoms with Crippen molar-refractivity contribution in [1.82, 2.24) is 15.2 Å². The van der Waals surface area contributed by atoms with Crippen molar-refractivity contribution in [2.45, 2.75) is 44.2 Å². The first-order chi connectivity index (χ1) is 14.4. The Labute approximate surface area is 180 Å². The van der Waals surface area contributed by atoms with Crippen molar-refractivity contribution < 1.29 is 14.1 Å². The summed E-state index contributed by atoms with van der Waals surface area (Å²) in [4.78, 5) is 25.8. The van der Waals surface area contributed by atoms with E-state index >= 15 is 0 Å². The van der Waals surface area contributed by atoms with Gasteiger partial charge < -0.3 is 19.8 Å². The molecule has 1 unspecified atom stereocenters. The summed E-state index contributed by atoms with van der Waals surface area (Å²) >= 11 is -1.01. The van der Waals surface area contributed by atoms with Gasteiger partial charge in [0.25, 0.3) is 5.91 Å². The molecule has 1 aromatic heterocycles. The van der Waals surface area contributed by atoms with Crippen LogP contribution in [0, 0.1) is 17.2 Å². The third-order valence-electron chi connectivity index (χ3n) is 5.77. The summed E-state index contributed by atoms with van der Waals surface area (Å²) in [5, 5.41) is 16.1. The fourth-order valence-corrected chi connectivity index (χ4v) is 4.67. The number of aryl methyl sites for hydroxylation is 1. The molecule has 1 aliphatic carbocycles. The zero-order chi connectivity index (χ0) is 21.7. The normalized spacial score (nSPS) is 20.9. The highest BCUT2D eigenvalue weighted by molar-refractivity contribution is 7.90. The number of benzene rings is 1. The second-order valence-corrected chi connectivity index (χ2v) is 9.43. The lowest BCUT2D eigenvalue weighted by molar-refractivity contribution is -0.127. The van der Waals surface area contributed by atoms with E-state index in [2.05, 4.69) is 16.7 Å². The summed E-state index contributed by atoms with van der Waals surface area (Å²) in [6, 6.07) is 10.8. The Kier molecular flexibility index (Phi) is 7.40. The SMILES string of the molecule is Cn1c(C(=O)N[C@H]2CCCC[C@H]2C(=O)N[C@H](C#N)CC[S+](C)[O-])cc2ccccc21. The van der Waals surface area contributed by atoms with E-state index in [0.29, 0.717) is 24.3 Å². The van der Waals surface area contributed by atoms with Crippen LogP contribution in [0.1, 0.15) is 42.6 Å². The predicted octanol–water partition coefficient (Wildman–Crippen LogP) is 2.24. The van der Waals surface area contributed by atoms with Crippen LogP contribution in [0.4, 0.5) is 0 Å². The van der Waals surface area contributed by atoms with Gasteiger partial charge in [0, 0.05) is 30.4 Å². The predicted molar refractivity (Wildman–Crippen MR) is 117 cm³/mol. The minimum atomic E-state index is -1.01. The number of aromatic nitrogens is 1. The van der Waals surface area contributed by atoms with E-state index in [1.165, 1.54) is 0 Å². The number of nitrogens with one attached hydrogen (secondary N) is 2. The molecule has 1 saturated carbocycles. The van der Waals surface area contributed by atoms with Crippen LogP contribution in [0.3, 0.4) is 0 Å². The molecule has 8 heteroatoms. The molecule has 0 spiro atoms. The second kappa shape index (κ2) is 10.0. The Morgan fingerprint density at radius 3 is 2.77 bits per heavy atom. The number of hydrogen-bond donors (Lipinski definition) is 2. The first-order valence-electron chi connectivity index (χ1n) is 10.3. The van der Waals surface area contributed by atoms with Gasteiger partial charge in [0.2, 0.25) is 5.91 Å². The van der Waals surface area contributed by atoms with E-state index in [9.17, 15) is 19.4 Å². The largest absolute Gasteiger partial charge is 0.617 e. The average Bonchev–Trinajstić information content (AvgIpc) is 3.08. The fraction of sp³-hybridized carbons (Fsp3) is 0.500.